The number of phenols is 6. The molecule has 0 saturated heterocycles. The Balaban J connectivity index is 1.88. The van der Waals surface area contributed by atoms with Crippen LogP contribution < -0.4 is 9.47 Å². The first-order valence-corrected chi connectivity index (χ1v) is 14.8. The number of rotatable bonds is 12. The van der Waals surface area contributed by atoms with E-state index in [1.54, 1.807) is 30.3 Å². The second kappa shape index (κ2) is 15.0. The predicted molar refractivity (Wildman–Crippen MR) is 182 cm³/mol. The molecule has 0 unspecified atom stereocenters. The number of aromatic hydroxyl groups is 6. The Morgan fingerprint density at radius 3 is 1.58 bits per heavy atom. The van der Waals surface area contributed by atoms with Crippen molar-refractivity contribution in [3.63, 3.8) is 0 Å². The van der Waals surface area contributed by atoms with Crippen LogP contribution in [0, 0.1) is 0 Å². The molecule has 0 aliphatic heterocycles. The van der Waals surface area contributed by atoms with Gasteiger partial charge in [0.05, 0.1) is 14.2 Å². The molecule has 0 amide bonds. The van der Waals surface area contributed by atoms with Crippen molar-refractivity contribution < 1.29 is 49.7 Å². The third-order valence-electron chi connectivity index (χ3n) is 7.54. The topological polar surface area (TPSA) is 174 Å². The molecule has 0 aromatic heterocycles. The fourth-order valence-electron chi connectivity index (χ4n) is 5.09. The van der Waals surface area contributed by atoms with Gasteiger partial charge in [-0.15, -0.1) is 0 Å². The van der Waals surface area contributed by atoms with Crippen molar-refractivity contribution in [1.82, 2.24) is 0 Å². The third kappa shape index (κ3) is 7.61. The molecule has 0 saturated carbocycles. The number of benzene rings is 4. The van der Waals surface area contributed by atoms with E-state index in [0.29, 0.717) is 11.1 Å². The zero-order valence-electron chi connectivity index (χ0n) is 26.8. The number of allylic oxidation sites excluding steroid dienone is 4. The van der Waals surface area contributed by atoms with Crippen LogP contribution >= 0.6 is 0 Å². The molecule has 4 aromatic rings. The van der Waals surface area contributed by atoms with Gasteiger partial charge in [-0.2, -0.15) is 0 Å². The molecule has 248 valence electrons. The lowest BCUT2D eigenvalue weighted by Crippen LogP contribution is -2.09. The average molecular weight is 653 g/mol. The van der Waals surface area contributed by atoms with E-state index in [2.05, 4.69) is 0 Å². The summed E-state index contributed by atoms with van der Waals surface area (Å²) < 4.78 is 11.1. The van der Waals surface area contributed by atoms with Gasteiger partial charge in [0.2, 0.25) is 0 Å². The molecular weight excluding hydrogens is 616 g/mol. The van der Waals surface area contributed by atoms with Crippen molar-refractivity contribution in [3.8, 4) is 46.0 Å². The molecular formula is C38H36O10. The van der Waals surface area contributed by atoms with Crippen molar-refractivity contribution in [2.75, 3.05) is 14.2 Å². The molecule has 0 radical (unpaired) electrons. The fourth-order valence-corrected chi connectivity index (χ4v) is 5.09. The molecule has 0 spiro atoms. The van der Waals surface area contributed by atoms with Gasteiger partial charge in [0, 0.05) is 29.2 Å². The van der Waals surface area contributed by atoms with Gasteiger partial charge in [-0.1, -0.05) is 48.1 Å². The number of ether oxygens (including phenoxy) is 2. The molecule has 0 aliphatic carbocycles. The van der Waals surface area contributed by atoms with Crippen LogP contribution in [-0.2, 0) is 12.8 Å². The predicted octanol–water partition coefficient (Wildman–Crippen LogP) is 6.83. The minimum atomic E-state index is -0.667. The van der Waals surface area contributed by atoms with Crippen molar-refractivity contribution in [3.05, 3.63) is 117 Å². The Kier molecular flexibility index (Phi) is 10.8. The SMILES string of the molecule is COc1c(Cc2c(O)c(CC=C(C)C)c(O)c(C(=O)/C=C/c3ccc(O)cc3)c2OC)c(O)cc(O)c1C(=O)/C=C/c1ccc(O)cc1. The fraction of sp³-hybridized carbons (Fsp3) is 0.158. The summed E-state index contributed by atoms with van der Waals surface area (Å²) in [5.41, 5.74) is 1.58. The van der Waals surface area contributed by atoms with Crippen LogP contribution in [0.2, 0.25) is 0 Å². The minimum Gasteiger partial charge on any atom is -0.508 e. The first-order valence-electron chi connectivity index (χ1n) is 14.8. The maximum atomic E-state index is 13.6. The summed E-state index contributed by atoms with van der Waals surface area (Å²) >= 11 is 0. The molecule has 0 atom stereocenters. The lowest BCUT2D eigenvalue weighted by molar-refractivity contribution is 0.103. The number of phenolic OH excluding ortho intramolecular Hbond substituents is 6. The standard InChI is InChI=1S/C38H36O10/c1-21(2)5-16-26-35(45)28(38(48-4)34(36(26)46)30(42)18-11-23-8-14-25(40)15-9-23)19-27-31(43)20-32(44)33(37(27)47-3)29(41)17-10-22-6-12-24(39)13-7-22/h5-15,17-18,20,39-40,43-46H,16,19H2,1-4H3/b17-10+,18-11+. The zero-order valence-corrected chi connectivity index (χ0v) is 26.8. The maximum absolute atomic E-state index is 13.6. The quantitative estimate of drug-likeness (QED) is 0.0541. The third-order valence-corrected chi connectivity index (χ3v) is 7.54. The van der Waals surface area contributed by atoms with Crippen LogP contribution in [0.5, 0.6) is 46.0 Å². The number of hydrogen-bond acceptors (Lipinski definition) is 10. The van der Waals surface area contributed by atoms with E-state index < -0.39 is 34.6 Å². The van der Waals surface area contributed by atoms with Gasteiger partial charge in [0.1, 0.15) is 57.1 Å². The summed E-state index contributed by atoms with van der Waals surface area (Å²) in [6, 6.07) is 13.2. The van der Waals surface area contributed by atoms with E-state index in [-0.39, 0.29) is 63.7 Å². The van der Waals surface area contributed by atoms with E-state index in [1.807, 2.05) is 13.8 Å². The van der Waals surface area contributed by atoms with Crippen LogP contribution in [0.15, 0.2) is 78.4 Å². The lowest BCUT2D eigenvalue weighted by atomic mass is 9.90. The van der Waals surface area contributed by atoms with Crippen molar-refractivity contribution >= 4 is 23.7 Å². The highest BCUT2D eigenvalue weighted by Gasteiger charge is 2.30. The van der Waals surface area contributed by atoms with Crippen molar-refractivity contribution in [2.24, 2.45) is 0 Å². The first kappa shape index (κ1) is 34.7. The number of methoxy groups -OCH3 is 2. The lowest BCUT2D eigenvalue weighted by Gasteiger charge is -2.21. The Bertz CT molecular complexity index is 1930. The molecule has 48 heavy (non-hydrogen) atoms. The van der Waals surface area contributed by atoms with Crippen LogP contribution in [0.4, 0.5) is 0 Å². The molecule has 10 nitrogen and oxygen atoms in total. The number of carbonyl (C=O) groups excluding carboxylic acids is 2. The largest absolute Gasteiger partial charge is 0.508 e. The smallest absolute Gasteiger partial charge is 0.193 e. The summed E-state index contributed by atoms with van der Waals surface area (Å²) in [6.45, 7) is 3.66. The van der Waals surface area contributed by atoms with Gasteiger partial charge < -0.3 is 40.1 Å². The van der Waals surface area contributed by atoms with Gasteiger partial charge in [0.15, 0.2) is 11.6 Å². The minimum absolute atomic E-state index is 0.00571. The molecule has 4 rings (SSSR count). The van der Waals surface area contributed by atoms with Crippen LogP contribution in [0.1, 0.15) is 62.4 Å². The Morgan fingerprint density at radius 2 is 1.10 bits per heavy atom. The number of carbonyl (C=O) groups is 2. The highest BCUT2D eigenvalue weighted by Crippen LogP contribution is 2.47. The maximum Gasteiger partial charge on any atom is 0.193 e. The van der Waals surface area contributed by atoms with E-state index in [9.17, 15) is 40.2 Å². The molecule has 10 heteroatoms. The summed E-state index contributed by atoms with van der Waals surface area (Å²) in [5.74, 6) is -3.52. The van der Waals surface area contributed by atoms with Crippen molar-refractivity contribution in [1.29, 1.82) is 0 Å². The van der Waals surface area contributed by atoms with Crippen molar-refractivity contribution in [2.45, 2.75) is 26.7 Å². The summed E-state index contributed by atoms with van der Waals surface area (Å²) in [6.07, 6.45) is 6.81. The summed E-state index contributed by atoms with van der Waals surface area (Å²) in [5, 5.41) is 63.7. The second-order valence-electron chi connectivity index (χ2n) is 11.1. The molecule has 0 heterocycles. The molecule has 0 fully saturated rings. The number of ketones is 2. The van der Waals surface area contributed by atoms with Gasteiger partial charge in [-0.05, 0) is 67.8 Å². The normalized spacial score (nSPS) is 11.2. The average Bonchev–Trinajstić information content (AvgIpc) is 3.05. The Hall–Kier alpha value is -6.16. The number of hydrogen-bond donors (Lipinski definition) is 6. The monoisotopic (exact) mass is 652 g/mol. The van der Waals surface area contributed by atoms with E-state index in [1.165, 1.54) is 62.8 Å². The summed E-state index contributed by atoms with van der Waals surface area (Å²) in [7, 11) is 2.50. The first-order chi connectivity index (χ1) is 22.9. The molecule has 0 bridgehead atoms. The Morgan fingerprint density at radius 1 is 0.625 bits per heavy atom. The van der Waals surface area contributed by atoms with E-state index >= 15 is 0 Å². The van der Waals surface area contributed by atoms with Gasteiger partial charge in [0.25, 0.3) is 0 Å². The van der Waals surface area contributed by atoms with Crippen LogP contribution in [0.25, 0.3) is 12.2 Å². The van der Waals surface area contributed by atoms with Crippen LogP contribution in [-0.4, -0.2) is 56.4 Å². The van der Waals surface area contributed by atoms with E-state index in [4.69, 9.17) is 9.47 Å². The van der Waals surface area contributed by atoms with Gasteiger partial charge in [-0.25, -0.2) is 0 Å². The zero-order chi connectivity index (χ0) is 35.1. The van der Waals surface area contributed by atoms with E-state index in [0.717, 1.165) is 11.6 Å². The second-order valence-corrected chi connectivity index (χ2v) is 11.1. The molecule has 4 aromatic carbocycles. The van der Waals surface area contributed by atoms with Crippen LogP contribution in [0.3, 0.4) is 0 Å². The highest BCUT2D eigenvalue weighted by molar-refractivity contribution is 6.12. The Labute approximate surface area is 277 Å². The van der Waals surface area contributed by atoms with Gasteiger partial charge in [-0.3, -0.25) is 9.59 Å². The molecule has 6 N–H and O–H groups in total. The van der Waals surface area contributed by atoms with Gasteiger partial charge >= 0.3 is 0 Å². The molecule has 0 aliphatic rings. The summed E-state index contributed by atoms with van der Waals surface area (Å²) in [4.78, 5) is 27.0. The highest BCUT2D eigenvalue weighted by atomic mass is 16.5.